The molecule has 1 saturated heterocycles. The average Bonchev–Trinajstić information content (AvgIpc) is 3.96. The maximum atomic E-state index is 14.6. The lowest BCUT2D eigenvalue weighted by atomic mass is 9.85. The van der Waals surface area contributed by atoms with Gasteiger partial charge >= 0.3 is 0 Å². The molecule has 0 aromatic heterocycles. The van der Waals surface area contributed by atoms with Gasteiger partial charge in [0.2, 0.25) is 35.4 Å². The molecule has 0 radical (unpaired) electrons. The summed E-state index contributed by atoms with van der Waals surface area (Å²) >= 11 is 1.42. The lowest BCUT2D eigenvalue weighted by Crippen LogP contribution is -2.61. The molecule has 9 N–H and O–H groups in total. The second-order valence-corrected chi connectivity index (χ2v) is 24.7. The number of hydrogen-bond acceptors (Lipinski definition) is 11. The molecule has 0 saturated carbocycles. The van der Waals surface area contributed by atoms with Crippen molar-refractivity contribution in [2.75, 3.05) is 32.2 Å². The minimum atomic E-state index is -1.02. The van der Waals surface area contributed by atoms with Crippen molar-refractivity contribution in [2.24, 2.45) is 5.41 Å². The first-order valence-electron chi connectivity index (χ1n) is 28.2. The Kier molecular flexibility index (Phi) is 20.6. The van der Waals surface area contributed by atoms with Crippen LogP contribution in [0.1, 0.15) is 141 Å². The maximum absolute atomic E-state index is 14.6. The van der Waals surface area contributed by atoms with Gasteiger partial charge in [0.05, 0.1) is 24.2 Å². The third-order valence-electron chi connectivity index (χ3n) is 16.1. The Labute approximate surface area is 481 Å². The topological polar surface area (TPSA) is 248 Å². The number of likely N-dealkylation sites (tertiary alicyclic amines) is 1. The molecule has 18 nitrogen and oxygen atoms in total. The number of anilines is 1. The van der Waals surface area contributed by atoms with E-state index in [9.17, 15) is 38.4 Å². The molecular formula is C62H82N10O8S. The molecule has 0 spiro atoms. The minimum Gasteiger partial charge on any atom is -0.347 e. The smallest absolute Gasteiger partial charge is 0.255 e. The summed E-state index contributed by atoms with van der Waals surface area (Å²) < 4.78 is -0.734. The Morgan fingerprint density at radius 2 is 1.12 bits per heavy atom. The summed E-state index contributed by atoms with van der Waals surface area (Å²) in [5, 5.41) is 27.0. The summed E-state index contributed by atoms with van der Waals surface area (Å²) in [6.45, 7) is 12.7. The van der Waals surface area contributed by atoms with Gasteiger partial charge in [0.15, 0.2) is 0 Å². The number of thioether (sulfide) groups is 1. The Hall–Kier alpha value is -7.09. The fourth-order valence-electron chi connectivity index (χ4n) is 10.7. The van der Waals surface area contributed by atoms with E-state index in [0.717, 1.165) is 49.7 Å². The highest BCUT2D eigenvalue weighted by atomic mass is 32.2. The number of carbonyl (C=O) groups is 8. The zero-order chi connectivity index (χ0) is 58.8. The van der Waals surface area contributed by atoms with Crippen LogP contribution in [0.15, 0.2) is 97.1 Å². The first-order chi connectivity index (χ1) is 38.5. The first kappa shape index (κ1) is 61.5. The number of carbonyl (C=O) groups excluding carboxylic acids is 8. The molecule has 1 aliphatic heterocycles. The number of rotatable bonds is 21. The molecule has 7 rings (SSSR count). The summed E-state index contributed by atoms with van der Waals surface area (Å²) in [5.74, 6) is -3.23. The van der Waals surface area contributed by atoms with E-state index in [2.05, 4.69) is 60.0 Å². The predicted molar refractivity (Wildman–Crippen MR) is 316 cm³/mol. The fraction of sp³-hybridized carbons (Fsp3) is 0.484. The van der Waals surface area contributed by atoms with E-state index in [4.69, 9.17) is 0 Å². The van der Waals surface area contributed by atoms with Crippen LogP contribution in [0.3, 0.4) is 0 Å². The molecule has 81 heavy (non-hydrogen) atoms. The van der Waals surface area contributed by atoms with Crippen LogP contribution in [0, 0.1) is 5.41 Å². The number of nitrogens with one attached hydrogen (secondary N) is 9. The van der Waals surface area contributed by atoms with Crippen molar-refractivity contribution in [1.29, 1.82) is 0 Å². The van der Waals surface area contributed by atoms with E-state index in [1.54, 1.807) is 52.2 Å². The van der Waals surface area contributed by atoms with Gasteiger partial charge in [-0.25, -0.2) is 0 Å². The van der Waals surface area contributed by atoms with Crippen LogP contribution in [0.5, 0.6) is 0 Å². The number of fused-ring (bicyclic) bond motifs is 2. The van der Waals surface area contributed by atoms with E-state index in [0.29, 0.717) is 11.3 Å². The summed E-state index contributed by atoms with van der Waals surface area (Å²) in [4.78, 5) is 113. The standard InChI is InChI=1S/C62H82N10O8S/c1-36(63-8)53(73)70-51(62(6,7)81-10)59(79)69-49(57(77)67-47-23-15-19-39-17-11-13-21-45(39)47)33-38-25-31-43(32-26-38)65-55(75)41-27-29-42(30-28-41)56(76)66-44-34-50(58(78)68-48-24-16-20-40-18-12-14-22-46(40)48)72(35-44)60(80)52(61(3,4)5)71-54(74)37(2)64-9/h11-14,17-18,21-22,25-32,36-37,44,47-52,63-64H,15-16,19-20,23-24,33-35H2,1-10H3,(H,65,75)(H,66,76)(H,67,77)(H,68,78)(H,69,79)(H,70,73)(H,71,74). The average molecular weight is 1130 g/mol. The molecule has 4 aromatic carbocycles. The molecule has 3 aliphatic rings. The van der Waals surface area contributed by atoms with Crippen molar-refractivity contribution in [2.45, 2.75) is 159 Å². The van der Waals surface area contributed by atoms with Crippen molar-refractivity contribution in [3.05, 3.63) is 136 Å². The number of aryl methyl sites for hydroxylation is 2. The van der Waals surface area contributed by atoms with Gasteiger partial charge in [-0.15, -0.1) is 0 Å². The van der Waals surface area contributed by atoms with Gasteiger partial charge in [-0.05, 0) is 163 Å². The van der Waals surface area contributed by atoms with E-state index in [1.807, 2.05) is 77.3 Å². The van der Waals surface area contributed by atoms with Crippen LogP contribution in [0.25, 0.3) is 0 Å². The zero-order valence-corrected chi connectivity index (χ0v) is 49.2. The second kappa shape index (κ2) is 27.1. The highest BCUT2D eigenvalue weighted by molar-refractivity contribution is 8.00. The summed E-state index contributed by atoms with van der Waals surface area (Å²) in [6.07, 6.45) is 7.22. The van der Waals surface area contributed by atoms with Gasteiger partial charge in [-0.2, -0.15) is 11.8 Å². The van der Waals surface area contributed by atoms with Crippen LogP contribution < -0.4 is 47.9 Å². The van der Waals surface area contributed by atoms with Gasteiger partial charge in [0.1, 0.15) is 24.2 Å². The van der Waals surface area contributed by atoms with Crippen molar-refractivity contribution >= 4 is 64.7 Å². The van der Waals surface area contributed by atoms with E-state index >= 15 is 0 Å². The quantitative estimate of drug-likeness (QED) is 0.0510. The zero-order valence-electron chi connectivity index (χ0n) is 48.4. The molecule has 2 aliphatic carbocycles. The van der Waals surface area contributed by atoms with Crippen LogP contribution in [0.2, 0.25) is 0 Å². The van der Waals surface area contributed by atoms with Crippen molar-refractivity contribution in [3.8, 4) is 0 Å². The van der Waals surface area contributed by atoms with E-state index in [1.165, 1.54) is 52.1 Å². The predicted octanol–water partition coefficient (Wildman–Crippen LogP) is 5.43. The molecule has 8 amide bonds. The molecule has 0 bridgehead atoms. The van der Waals surface area contributed by atoms with E-state index < -0.39 is 76.1 Å². The Morgan fingerprint density at radius 3 is 1.65 bits per heavy atom. The monoisotopic (exact) mass is 1130 g/mol. The maximum Gasteiger partial charge on any atom is 0.255 e. The molecule has 19 heteroatoms. The van der Waals surface area contributed by atoms with Gasteiger partial charge in [0, 0.05) is 40.6 Å². The minimum absolute atomic E-state index is 0.0263. The normalized spacial score (nSPS) is 19.7. The van der Waals surface area contributed by atoms with Crippen LogP contribution in [-0.4, -0.2) is 126 Å². The summed E-state index contributed by atoms with van der Waals surface area (Å²) in [6, 6.07) is 23.0. The van der Waals surface area contributed by atoms with Crippen molar-refractivity contribution in [1.82, 2.24) is 47.4 Å². The number of benzene rings is 4. The van der Waals surface area contributed by atoms with Crippen LogP contribution in [0.4, 0.5) is 5.69 Å². The van der Waals surface area contributed by atoms with Crippen molar-refractivity contribution < 1.29 is 38.4 Å². The lowest BCUT2D eigenvalue weighted by molar-refractivity contribution is -0.144. The molecule has 9 unspecified atom stereocenters. The van der Waals surface area contributed by atoms with E-state index in [-0.39, 0.29) is 66.2 Å². The highest BCUT2D eigenvalue weighted by Gasteiger charge is 2.46. The SMILES string of the molecule is CNC(C)C(=O)NC(C(=O)N1CC(NC(=O)c2ccc(C(=O)Nc3ccc(CC(NC(=O)C(NC(=O)C(C)NC)C(C)(C)SC)C(=O)NC4CCCc5ccccc54)cc3)cc2)CC1C(=O)NC1CCCc2ccccc21)C(C)(C)C. The third-order valence-corrected chi connectivity index (χ3v) is 17.4. The molecule has 9 atom stereocenters. The lowest BCUT2D eigenvalue weighted by Gasteiger charge is -2.36. The van der Waals surface area contributed by atoms with Crippen LogP contribution in [-0.2, 0) is 48.0 Å². The number of hydrogen-bond donors (Lipinski definition) is 9. The number of nitrogens with zero attached hydrogens (tertiary/aromatic N) is 1. The van der Waals surface area contributed by atoms with Crippen molar-refractivity contribution in [3.63, 3.8) is 0 Å². The number of likely N-dealkylation sites (N-methyl/N-ethyl adjacent to an activating group) is 2. The largest absolute Gasteiger partial charge is 0.347 e. The van der Waals surface area contributed by atoms with Gasteiger partial charge < -0.3 is 52.8 Å². The Balaban J connectivity index is 1.02. The summed E-state index contributed by atoms with van der Waals surface area (Å²) in [7, 11) is 3.32. The molecule has 4 aromatic rings. The fourth-order valence-corrected chi connectivity index (χ4v) is 11.1. The van der Waals surface area contributed by atoms with Gasteiger partial charge in [-0.3, -0.25) is 38.4 Å². The Bertz CT molecular complexity index is 2930. The van der Waals surface area contributed by atoms with Crippen LogP contribution >= 0.6 is 11.8 Å². The highest BCUT2D eigenvalue weighted by Crippen LogP contribution is 2.33. The third kappa shape index (κ3) is 15.5. The molecule has 434 valence electrons. The Morgan fingerprint density at radius 1 is 0.605 bits per heavy atom. The molecular weight excluding hydrogens is 1040 g/mol. The molecule has 1 fully saturated rings. The molecule has 1 heterocycles. The summed E-state index contributed by atoms with van der Waals surface area (Å²) in [5.41, 5.74) is 5.43. The van der Waals surface area contributed by atoms with Gasteiger partial charge in [0.25, 0.3) is 11.8 Å². The van der Waals surface area contributed by atoms with Gasteiger partial charge in [-0.1, -0.05) is 81.4 Å². The number of amides is 8. The first-order valence-corrected chi connectivity index (χ1v) is 29.4. The second-order valence-electron chi connectivity index (χ2n) is 23.3.